The van der Waals surface area contributed by atoms with Crippen molar-refractivity contribution in [3.8, 4) is 0 Å². The highest BCUT2D eigenvalue weighted by Gasteiger charge is 2.26. The second-order valence-corrected chi connectivity index (χ2v) is 4.99. The number of nitrogens with zero attached hydrogens (tertiary/aromatic N) is 3. The highest BCUT2D eigenvalue weighted by Crippen LogP contribution is 2.29. The molecular weight excluding hydrogens is 276 g/mol. The number of ether oxygens (including phenoxy) is 1. The average Bonchev–Trinajstić information content (AvgIpc) is 2.47. The number of rotatable bonds is 2. The number of hydrogen-bond acceptors (Lipinski definition) is 5. The van der Waals surface area contributed by atoms with E-state index in [1.54, 1.807) is 6.07 Å². The molecule has 1 aromatic heterocycles. The molecule has 1 fully saturated rings. The van der Waals surface area contributed by atoms with Crippen molar-refractivity contribution >= 4 is 23.4 Å². The summed E-state index contributed by atoms with van der Waals surface area (Å²) in [6.07, 6.45) is 0. The summed E-state index contributed by atoms with van der Waals surface area (Å²) in [4.78, 5) is 10.3. The van der Waals surface area contributed by atoms with Gasteiger partial charge in [-0.05, 0) is 5.56 Å². The van der Waals surface area contributed by atoms with Crippen LogP contribution in [0.2, 0.25) is 5.15 Å². The van der Waals surface area contributed by atoms with Gasteiger partial charge in [0.1, 0.15) is 11.0 Å². The Balaban J connectivity index is 1.96. The maximum Gasteiger partial charge on any atom is 0.223 e. The number of nitrogen functional groups attached to an aromatic ring is 1. The lowest BCUT2D eigenvalue weighted by atomic mass is 10.1. The van der Waals surface area contributed by atoms with Crippen LogP contribution in [0.3, 0.4) is 0 Å². The summed E-state index contributed by atoms with van der Waals surface area (Å²) in [6.45, 7) is 2.02. The third-order valence-electron chi connectivity index (χ3n) is 3.31. The van der Waals surface area contributed by atoms with Gasteiger partial charge < -0.3 is 15.4 Å². The number of morpholine rings is 1. The molecule has 2 heterocycles. The van der Waals surface area contributed by atoms with Gasteiger partial charge in [-0.15, -0.1) is 0 Å². The minimum absolute atomic E-state index is 0.107. The summed E-state index contributed by atoms with van der Waals surface area (Å²) in [5.41, 5.74) is 6.87. The first-order valence-electron chi connectivity index (χ1n) is 6.43. The normalized spacial score (nSPS) is 19.1. The number of hydrogen-bond donors (Lipinski definition) is 1. The van der Waals surface area contributed by atoms with Crippen LogP contribution in [0.5, 0.6) is 0 Å². The van der Waals surface area contributed by atoms with Crippen molar-refractivity contribution in [3.05, 3.63) is 47.1 Å². The molecular formula is C14H15ClN4O. The molecule has 20 heavy (non-hydrogen) atoms. The summed E-state index contributed by atoms with van der Waals surface area (Å²) in [6, 6.07) is 12.0. The first kappa shape index (κ1) is 13.1. The Morgan fingerprint density at radius 3 is 2.80 bits per heavy atom. The molecule has 0 saturated carbocycles. The van der Waals surface area contributed by atoms with Crippen LogP contribution in [0, 0.1) is 0 Å². The lowest BCUT2D eigenvalue weighted by Gasteiger charge is -2.36. The quantitative estimate of drug-likeness (QED) is 0.860. The van der Waals surface area contributed by atoms with Gasteiger partial charge in [-0.1, -0.05) is 41.9 Å². The van der Waals surface area contributed by atoms with E-state index in [1.807, 2.05) is 18.2 Å². The number of aromatic nitrogens is 2. The van der Waals surface area contributed by atoms with Crippen molar-refractivity contribution in [2.75, 3.05) is 30.4 Å². The van der Waals surface area contributed by atoms with Gasteiger partial charge in [0.05, 0.1) is 19.3 Å². The van der Waals surface area contributed by atoms with Gasteiger partial charge in [-0.25, -0.2) is 4.98 Å². The molecule has 2 aromatic rings. The second-order valence-electron chi connectivity index (χ2n) is 4.60. The Kier molecular flexibility index (Phi) is 3.71. The SMILES string of the molecule is Nc1nc(Cl)cc(N2CCOC[C@H]2c2ccccc2)n1. The fourth-order valence-corrected chi connectivity index (χ4v) is 2.58. The maximum absolute atomic E-state index is 5.97. The molecule has 1 atom stereocenters. The predicted octanol–water partition coefficient (Wildman–Crippen LogP) is 2.29. The first-order chi connectivity index (χ1) is 9.74. The lowest BCUT2D eigenvalue weighted by molar-refractivity contribution is 0.0937. The lowest BCUT2D eigenvalue weighted by Crippen LogP contribution is -2.40. The maximum atomic E-state index is 5.97. The smallest absolute Gasteiger partial charge is 0.223 e. The molecule has 0 bridgehead atoms. The van der Waals surface area contributed by atoms with Gasteiger partial charge in [-0.3, -0.25) is 0 Å². The zero-order chi connectivity index (χ0) is 13.9. The second kappa shape index (κ2) is 5.64. The van der Waals surface area contributed by atoms with Crippen LogP contribution >= 0.6 is 11.6 Å². The highest BCUT2D eigenvalue weighted by atomic mass is 35.5. The van der Waals surface area contributed by atoms with E-state index in [4.69, 9.17) is 22.1 Å². The fourth-order valence-electron chi connectivity index (χ4n) is 2.40. The third kappa shape index (κ3) is 2.69. The van der Waals surface area contributed by atoms with Crippen LogP contribution in [0.25, 0.3) is 0 Å². The summed E-state index contributed by atoms with van der Waals surface area (Å²) < 4.78 is 5.60. The molecule has 0 amide bonds. The van der Waals surface area contributed by atoms with E-state index in [9.17, 15) is 0 Å². The topological polar surface area (TPSA) is 64.3 Å². The van der Waals surface area contributed by atoms with Gasteiger partial charge >= 0.3 is 0 Å². The minimum Gasteiger partial charge on any atom is -0.377 e. The van der Waals surface area contributed by atoms with E-state index in [0.29, 0.717) is 18.4 Å². The minimum atomic E-state index is 0.107. The third-order valence-corrected chi connectivity index (χ3v) is 3.50. The predicted molar refractivity (Wildman–Crippen MR) is 78.8 cm³/mol. The van der Waals surface area contributed by atoms with Gasteiger partial charge in [0.15, 0.2) is 0 Å². The molecule has 0 spiro atoms. The van der Waals surface area contributed by atoms with Crippen molar-refractivity contribution in [1.82, 2.24) is 9.97 Å². The van der Waals surface area contributed by atoms with E-state index < -0.39 is 0 Å². The Bertz CT molecular complexity index is 573. The molecule has 1 saturated heterocycles. The molecule has 0 aliphatic carbocycles. The summed E-state index contributed by atoms with van der Waals surface area (Å²) in [5, 5.41) is 0.353. The van der Waals surface area contributed by atoms with Crippen LogP contribution in [-0.2, 0) is 4.74 Å². The standard InChI is InChI=1S/C14H15ClN4O/c15-12-8-13(18-14(16)17-12)19-6-7-20-9-11(19)10-4-2-1-3-5-10/h1-5,8,11H,6-7,9H2,(H2,16,17,18)/t11-/m0/s1. The van der Waals surface area contributed by atoms with Crippen molar-refractivity contribution in [2.24, 2.45) is 0 Å². The zero-order valence-corrected chi connectivity index (χ0v) is 11.6. The molecule has 2 N–H and O–H groups in total. The van der Waals surface area contributed by atoms with Crippen molar-refractivity contribution in [2.45, 2.75) is 6.04 Å². The van der Waals surface area contributed by atoms with Gasteiger partial charge in [0.2, 0.25) is 5.95 Å². The fraction of sp³-hybridized carbons (Fsp3) is 0.286. The molecule has 1 aliphatic rings. The van der Waals surface area contributed by atoms with Crippen molar-refractivity contribution < 1.29 is 4.74 Å². The number of benzene rings is 1. The van der Waals surface area contributed by atoms with Crippen molar-refractivity contribution in [3.63, 3.8) is 0 Å². The van der Waals surface area contributed by atoms with Crippen LogP contribution in [0.4, 0.5) is 11.8 Å². The number of nitrogens with two attached hydrogens (primary N) is 1. The van der Waals surface area contributed by atoms with E-state index in [1.165, 1.54) is 5.56 Å². The van der Waals surface area contributed by atoms with E-state index >= 15 is 0 Å². The Morgan fingerprint density at radius 1 is 1.25 bits per heavy atom. The number of halogens is 1. The number of anilines is 2. The van der Waals surface area contributed by atoms with Gasteiger partial charge in [0, 0.05) is 12.6 Å². The average molecular weight is 291 g/mol. The molecule has 5 nitrogen and oxygen atoms in total. The van der Waals surface area contributed by atoms with Gasteiger partial charge in [-0.2, -0.15) is 4.98 Å². The summed E-state index contributed by atoms with van der Waals surface area (Å²) >= 11 is 5.97. The zero-order valence-electron chi connectivity index (χ0n) is 10.9. The molecule has 0 unspecified atom stereocenters. The van der Waals surface area contributed by atoms with E-state index in [2.05, 4.69) is 27.0 Å². The molecule has 1 aromatic carbocycles. The summed E-state index contributed by atoms with van der Waals surface area (Å²) in [5.74, 6) is 0.922. The van der Waals surface area contributed by atoms with Crippen LogP contribution in [0.1, 0.15) is 11.6 Å². The Hall–Kier alpha value is -1.85. The largest absolute Gasteiger partial charge is 0.377 e. The first-order valence-corrected chi connectivity index (χ1v) is 6.81. The highest BCUT2D eigenvalue weighted by molar-refractivity contribution is 6.29. The van der Waals surface area contributed by atoms with Crippen LogP contribution in [0.15, 0.2) is 36.4 Å². The molecule has 3 rings (SSSR count). The molecule has 0 radical (unpaired) electrons. The van der Waals surface area contributed by atoms with Gasteiger partial charge in [0.25, 0.3) is 0 Å². The Morgan fingerprint density at radius 2 is 2.05 bits per heavy atom. The van der Waals surface area contributed by atoms with Crippen molar-refractivity contribution in [1.29, 1.82) is 0 Å². The van der Waals surface area contributed by atoms with Crippen LogP contribution < -0.4 is 10.6 Å². The monoisotopic (exact) mass is 290 g/mol. The van der Waals surface area contributed by atoms with E-state index in [-0.39, 0.29) is 12.0 Å². The summed E-state index contributed by atoms with van der Waals surface area (Å²) in [7, 11) is 0. The molecule has 6 heteroatoms. The van der Waals surface area contributed by atoms with E-state index in [0.717, 1.165) is 12.4 Å². The Labute approximate surface area is 122 Å². The van der Waals surface area contributed by atoms with Crippen LogP contribution in [-0.4, -0.2) is 29.7 Å². The molecule has 104 valence electrons. The molecule has 1 aliphatic heterocycles.